The highest BCUT2D eigenvalue weighted by Crippen LogP contribution is 2.23. The number of hydrogen-bond donors (Lipinski definition) is 2. The van der Waals surface area contributed by atoms with Crippen LogP contribution >= 0.6 is 0 Å². The first-order chi connectivity index (χ1) is 15.0. The maximum absolute atomic E-state index is 12.6. The largest absolute Gasteiger partial charge is 0.491 e. The van der Waals surface area contributed by atoms with Gasteiger partial charge in [-0.15, -0.1) is 0 Å². The number of piperidine rings is 1. The van der Waals surface area contributed by atoms with Crippen LogP contribution in [0.5, 0.6) is 5.75 Å². The number of aromatic nitrogens is 4. The van der Waals surface area contributed by atoms with Gasteiger partial charge in [0.15, 0.2) is 11.2 Å². The molecular weight excluding hydrogens is 398 g/mol. The number of ether oxygens (including phenoxy) is 1. The molecule has 9 heteroatoms. The molecule has 0 spiro atoms. The van der Waals surface area contributed by atoms with Crippen molar-refractivity contribution in [3.8, 4) is 5.75 Å². The molecule has 0 radical (unpaired) electrons. The number of aliphatic hydroxyl groups is 1. The second kappa shape index (κ2) is 8.97. The molecule has 3 aromatic rings. The fourth-order valence-electron chi connectivity index (χ4n) is 4.04. The van der Waals surface area contributed by atoms with E-state index < -0.39 is 17.4 Å². The summed E-state index contributed by atoms with van der Waals surface area (Å²) >= 11 is 0. The Morgan fingerprint density at radius 3 is 2.74 bits per heavy atom. The van der Waals surface area contributed by atoms with Crippen molar-refractivity contribution >= 4 is 17.1 Å². The number of anilines is 1. The molecule has 1 saturated heterocycles. The average molecular weight is 428 g/mol. The lowest BCUT2D eigenvalue weighted by atomic mass is 10.1. The Morgan fingerprint density at radius 1 is 1.23 bits per heavy atom. The molecule has 1 aliphatic heterocycles. The Bertz CT molecular complexity index is 1170. The van der Waals surface area contributed by atoms with Crippen LogP contribution in [-0.2, 0) is 20.0 Å². The maximum atomic E-state index is 12.6. The number of nitrogens with zero attached hydrogens (tertiary/aromatic N) is 4. The van der Waals surface area contributed by atoms with Gasteiger partial charge in [-0.2, -0.15) is 4.98 Å². The second-order valence-electron chi connectivity index (χ2n) is 8.03. The first kappa shape index (κ1) is 21.2. The lowest BCUT2D eigenvalue weighted by Crippen LogP contribution is -2.34. The van der Waals surface area contributed by atoms with Crippen LogP contribution in [0, 0.1) is 0 Å². The number of fused-ring (bicyclic) bond motifs is 1. The third kappa shape index (κ3) is 4.36. The molecule has 0 aliphatic carbocycles. The van der Waals surface area contributed by atoms with E-state index in [0.29, 0.717) is 17.3 Å². The van der Waals surface area contributed by atoms with E-state index in [-0.39, 0.29) is 18.7 Å². The summed E-state index contributed by atoms with van der Waals surface area (Å²) in [7, 11) is 1.58. The Balaban J connectivity index is 1.63. The number of hydrogen-bond acceptors (Lipinski definition) is 6. The fourth-order valence-corrected chi connectivity index (χ4v) is 4.04. The average Bonchev–Trinajstić information content (AvgIpc) is 3.16. The number of aromatic amines is 1. The van der Waals surface area contributed by atoms with E-state index in [1.807, 2.05) is 24.3 Å². The monoisotopic (exact) mass is 427 g/mol. The van der Waals surface area contributed by atoms with Gasteiger partial charge in [0, 0.05) is 20.1 Å². The van der Waals surface area contributed by atoms with Gasteiger partial charge in [-0.05, 0) is 43.4 Å². The summed E-state index contributed by atoms with van der Waals surface area (Å²) in [6.07, 6.45) is 3.28. The molecular formula is C22H29N5O4. The van der Waals surface area contributed by atoms with Crippen LogP contribution in [0.2, 0.25) is 0 Å². The summed E-state index contributed by atoms with van der Waals surface area (Å²) in [6, 6.07) is 7.78. The molecule has 166 valence electrons. The quantitative estimate of drug-likeness (QED) is 0.591. The Morgan fingerprint density at radius 2 is 2.00 bits per heavy atom. The number of H-pyrrole nitrogens is 1. The van der Waals surface area contributed by atoms with Gasteiger partial charge in [-0.25, -0.2) is 4.79 Å². The normalized spacial score (nSPS) is 15.4. The van der Waals surface area contributed by atoms with Crippen molar-refractivity contribution in [3.63, 3.8) is 0 Å². The van der Waals surface area contributed by atoms with Crippen LogP contribution in [0.25, 0.3) is 11.2 Å². The van der Waals surface area contributed by atoms with E-state index in [9.17, 15) is 14.7 Å². The van der Waals surface area contributed by atoms with Crippen molar-refractivity contribution in [2.24, 2.45) is 7.05 Å². The van der Waals surface area contributed by atoms with Gasteiger partial charge in [0.1, 0.15) is 18.5 Å². The molecule has 0 saturated carbocycles. The summed E-state index contributed by atoms with van der Waals surface area (Å²) in [5.41, 5.74) is 0.755. The van der Waals surface area contributed by atoms with Gasteiger partial charge in [0.25, 0.3) is 5.56 Å². The highest BCUT2D eigenvalue weighted by Gasteiger charge is 2.24. The number of aryl methyl sites for hydroxylation is 2. The van der Waals surface area contributed by atoms with Crippen LogP contribution in [0.3, 0.4) is 0 Å². The van der Waals surface area contributed by atoms with Gasteiger partial charge in [0.2, 0.25) is 5.95 Å². The van der Waals surface area contributed by atoms with E-state index in [2.05, 4.69) is 21.8 Å². The third-order valence-corrected chi connectivity index (χ3v) is 5.77. The van der Waals surface area contributed by atoms with Crippen molar-refractivity contribution < 1.29 is 9.84 Å². The number of nitrogens with one attached hydrogen (secondary N) is 1. The Hall–Kier alpha value is -3.07. The third-order valence-electron chi connectivity index (χ3n) is 5.77. The Kier molecular flexibility index (Phi) is 6.13. The molecule has 0 bridgehead atoms. The van der Waals surface area contributed by atoms with E-state index in [1.165, 1.54) is 4.57 Å². The van der Waals surface area contributed by atoms with Crippen LogP contribution in [0.4, 0.5) is 5.95 Å². The van der Waals surface area contributed by atoms with Gasteiger partial charge in [0.05, 0.1) is 6.54 Å². The predicted molar refractivity (Wildman–Crippen MR) is 119 cm³/mol. The van der Waals surface area contributed by atoms with Crippen molar-refractivity contribution in [2.45, 2.75) is 45.3 Å². The molecule has 3 heterocycles. The minimum absolute atomic E-state index is 0.0793. The van der Waals surface area contributed by atoms with E-state index in [0.717, 1.165) is 44.3 Å². The van der Waals surface area contributed by atoms with Gasteiger partial charge in [-0.1, -0.05) is 19.1 Å². The highest BCUT2D eigenvalue weighted by molar-refractivity contribution is 5.74. The molecule has 1 atom stereocenters. The first-order valence-electron chi connectivity index (χ1n) is 10.8. The first-order valence-corrected chi connectivity index (χ1v) is 10.8. The van der Waals surface area contributed by atoms with Crippen LogP contribution in [0.15, 0.2) is 33.9 Å². The second-order valence-corrected chi connectivity index (χ2v) is 8.03. The van der Waals surface area contributed by atoms with Gasteiger partial charge >= 0.3 is 5.69 Å². The summed E-state index contributed by atoms with van der Waals surface area (Å²) in [6.45, 7) is 3.94. The number of rotatable bonds is 7. The zero-order chi connectivity index (χ0) is 22.0. The number of imidazole rings is 1. The summed E-state index contributed by atoms with van der Waals surface area (Å²) in [4.78, 5) is 33.8. The van der Waals surface area contributed by atoms with Crippen molar-refractivity contribution in [1.82, 2.24) is 19.1 Å². The molecule has 1 fully saturated rings. The summed E-state index contributed by atoms with van der Waals surface area (Å²) in [5, 5.41) is 10.7. The molecule has 1 aliphatic rings. The SMILES string of the molecule is CCc1cccc(OC[C@H](O)Cn2c(N3CCCCC3)nc3c2c(=O)[nH]c(=O)n3C)c1. The van der Waals surface area contributed by atoms with Gasteiger partial charge < -0.3 is 19.3 Å². The molecule has 0 amide bonds. The summed E-state index contributed by atoms with van der Waals surface area (Å²) < 4.78 is 8.84. The zero-order valence-electron chi connectivity index (χ0n) is 18.0. The molecule has 31 heavy (non-hydrogen) atoms. The zero-order valence-corrected chi connectivity index (χ0v) is 18.0. The number of benzene rings is 1. The smallest absolute Gasteiger partial charge is 0.329 e. The van der Waals surface area contributed by atoms with E-state index >= 15 is 0 Å². The van der Waals surface area contributed by atoms with Crippen LogP contribution in [-0.4, -0.2) is 50.0 Å². The molecule has 4 rings (SSSR count). The highest BCUT2D eigenvalue weighted by atomic mass is 16.5. The van der Waals surface area contributed by atoms with Crippen molar-refractivity contribution in [2.75, 3.05) is 24.6 Å². The van der Waals surface area contributed by atoms with E-state index in [4.69, 9.17) is 4.74 Å². The molecule has 0 unspecified atom stereocenters. The predicted octanol–water partition coefficient (Wildman–Crippen LogP) is 1.42. The Labute approximate surface area is 179 Å². The minimum atomic E-state index is -0.858. The van der Waals surface area contributed by atoms with Gasteiger partial charge in [-0.3, -0.25) is 14.3 Å². The maximum Gasteiger partial charge on any atom is 0.329 e. The van der Waals surface area contributed by atoms with E-state index in [1.54, 1.807) is 11.6 Å². The minimum Gasteiger partial charge on any atom is -0.491 e. The van der Waals surface area contributed by atoms with Crippen LogP contribution < -0.4 is 20.9 Å². The lowest BCUT2D eigenvalue weighted by molar-refractivity contribution is 0.0935. The lowest BCUT2D eigenvalue weighted by Gasteiger charge is -2.28. The molecule has 2 aromatic heterocycles. The fraction of sp³-hybridized carbons (Fsp3) is 0.500. The number of aliphatic hydroxyl groups excluding tert-OH is 1. The summed E-state index contributed by atoms with van der Waals surface area (Å²) in [5.74, 6) is 1.30. The van der Waals surface area contributed by atoms with Crippen molar-refractivity contribution in [3.05, 3.63) is 50.7 Å². The molecule has 2 N–H and O–H groups in total. The van der Waals surface area contributed by atoms with Crippen molar-refractivity contribution in [1.29, 1.82) is 0 Å². The topological polar surface area (TPSA) is 105 Å². The van der Waals surface area contributed by atoms with Crippen LogP contribution in [0.1, 0.15) is 31.7 Å². The standard InChI is InChI=1S/C22H29N5O4/c1-3-15-8-7-9-17(12-15)31-14-16(28)13-27-18-19(25(2)22(30)24-20(18)29)23-21(27)26-10-5-4-6-11-26/h7-9,12,16,28H,3-6,10-11,13-14H2,1-2H3,(H,24,29,30)/t16-/m1/s1. The molecule has 9 nitrogen and oxygen atoms in total. The molecule has 1 aromatic carbocycles.